The lowest BCUT2D eigenvalue weighted by molar-refractivity contribution is 0.102. The van der Waals surface area contributed by atoms with Crippen LogP contribution in [0.3, 0.4) is 0 Å². The first kappa shape index (κ1) is 14.8. The SMILES string of the molecule is Cc1oc(C)c(C(=O)Nc2cc(C#CCO)ccn2)c1C. The maximum atomic E-state index is 12.3. The van der Waals surface area contributed by atoms with Gasteiger partial charge in [0, 0.05) is 17.3 Å². The number of furan rings is 1. The molecule has 0 aliphatic carbocycles. The summed E-state index contributed by atoms with van der Waals surface area (Å²) in [4.78, 5) is 16.4. The zero-order chi connectivity index (χ0) is 15.4. The molecular formula is C16H16N2O3. The molecule has 5 nitrogen and oxygen atoms in total. The summed E-state index contributed by atoms with van der Waals surface area (Å²) in [6.45, 7) is 5.21. The molecule has 0 fully saturated rings. The van der Waals surface area contributed by atoms with Crippen LogP contribution in [0.2, 0.25) is 0 Å². The van der Waals surface area contributed by atoms with E-state index in [1.807, 2.05) is 13.8 Å². The molecule has 21 heavy (non-hydrogen) atoms. The van der Waals surface area contributed by atoms with Crippen molar-refractivity contribution >= 4 is 11.7 Å². The van der Waals surface area contributed by atoms with Gasteiger partial charge in [0.15, 0.2) is 0 Å². The summed E-state index contributed by atoms with van der Waals surface area (Å²) in [5.41, 5.74) is 2.02. The quantitative estimate of drug-likeness (QED) is 0.829. The second-order valence-corrected chi connectivity index (χ2v) is 4.56. The van der Waals surface area contributed by atoms with Crippen LogP contribution >= 0.6 is 0 Å². The molecule has 0 bridgehead atoms. The molecule has 108 valence electrons. The first-order chi connectivity index (χ1) is 10.0. The van der Waals surface area contributed by atoms with Crippen LogP contribution in [0.4, 0.5) is 5.82 Å². The topological polar surface area (TPSA) is 75.4 Å². The Kier molecular flexibility index (Phi) is 4.41. The molecule has 1 amide bonds. The standard InChI is InChI=1S/C16H16N2O3/c1-10-11(2)21-12(3)15(10)16(20)18-14-9-13(5-4-8-19)6-7-17-14/h6-7,9,19H,8H2,1-3H3,(H,17,18,20). The number of anilines is 1. The Morgan fingerprint density at radius 3 is 2.76 bits per heavy atom. The van der Waals surface area contributed by atoms with Crippen LogP contribution in [0.5, 0.6) is 0 Å². The van der Waals surface area contributed by atoms with Crippen molar-refractivity contribution < 1.29 is 14.3 Å². The summed E-state index contributed by atoms with van der Waals surface area (Å²) in [6.07, 6.45) is 1.55. The lowest BCUT2D eigenvalue weighted by atomic mass is 10.1. The predicted octanol–water partition coefficient (Wildman–Crippen LogP) is 2.20. The molecule has 2 aromatic heterocycles. The monoisotopic (exact) mass is 284 g/mol. The number of aromatic nitrogens is 1. The Morgan fingerprint density at radius 1 is 1.38 bits per heavy atom. The highest BCUT2D eigenvalue weighted by molar-refractivity contribution is 6.05. The van der Waals surface area contributed by atoms with Crippen molar-refractivity contribution in [2.24, 2.45) is 0 Å². The molecule has 0 saturated heterocycles. The minimum atomic E-state index is -0.262. The van der Waals surface area contributed by atoms with Crippen molar-refractivity contribution in [2.45, 2.75) is 20.8 Å². The lowest BCUT2D eigenvalue weighted by Gasteiger charge is -2.04. The number of nitrogens with one attached hydrogen (secondary N) is 1. The fourth-order valence-electron chi connectivity index (χ4n) is 2.02. The zero-order valence-electron chi connectivity index (χ0n) is 12.2. The second-order valence-electron chi connectivity index (χ2n) is 4.56. The Labute approximate surface area is 123 Å². The van der Waals surface area contributed by atoms with Crippen LogP contribution in [0, 0.1) is 32.6 Å². The molecule has 0 atom stereocenters. The highest BCUT2D eigenvalue weighted by Crippen LogP contribution is 2.21. The Hall–Kier alpha value is -2.58. The van der Waals surface area contributed by atoms with Gasteiger partial charge in [-0.25, -0.2) is 4.98 Å². The maximum Gasteiger partial charge on any atom is 0.260 e. The second kappa shape index (κ2) is 6.25. The fourth-order valence-corrected chi connectivity index (χ4v) is 2.02. The van der Waals surface area contributed by atoms with E-state index in [4.69, 9.17) is 9.52 Å². The van der Waals surface area contributed by atoms with Crippen molar-refractivity contribution in [3.05, 3.63) is 46.5 Å². The summed E-state index contributed by atoms with van der Waals surface area (Å²) >= 11 is 0. The number of carbonyl (C=O) groups is 1. The molecule has 0 radical (unpaired) electrons. The van der Waals surface area contributed by atoms with Gasteiger partial charge in [0.2, 0.25) is 0 Å². The number of aliphatic hydroxyl groups is 1. The normalized spacial score (nSPS) is 9.90. The molecule has 0 saturated carbocycles. The number of rotatable bonds is 2. The van der Waals surface area contributed by atoms with Crippen molar-refractivity contribution in [3.8, 4) is 11.8 Å². The van der Waals surface area contributed by atoms with Crippen molar-refractivity contribution in [3.63, 3.8) is 0 Å². The van der Waals surface area contributed by atoms with Gasteiger partial charge in [0.1, 0.15) is 23.9 Å². The van der Waals surface area contributed by atoms with Crippen LogP contribution in [0.25, 0.3) is 0 Å². The smallest absolute Gasteiger partial charge is 0.260 e. The zero-order valence-corrected chi connectivity index (χ0v) is 12.2. The van der Waals surface area contributed by atoms with E-state index < -0.39 is 0 Å². The fraction of sp³-hybridized carbons (Fsp3) is 0.250. The maximum absolute atomic E-state index is 12.3. The first-order valence-corrected chi connectivity index (χ1v) is 6.46. The number of carbonyl (C=O) groups excluding carboxylic acids is 1. The van der Waals surface area contributed by atoms with Gasteiger partial charge in [-0.3, -0.25) is 4.79 Å². The van der Waals surface area contributed by atoms with Gasteiger partial charge in [0.05, 0.1) is 5.56 Å². The van der Waals surface area contributed by atoms with Gasteiger partial charge in [-0.15, -0.1) is 0 Å². The molecule has 0 aliphatic rings. The third-order valence-electron chi connectivity index (χ3n) is 3.10. The summed E-state index contributed by atoms with van der Waals surface area (Å²) in [7, 11) is 0. The highest BCUT2D eigenvalue weighted by Gasteiger charge is 2.18. The van der Waals surface area contributed by atoms with Gasteiger partial charge in [-0.2, -0.15) is 0 Å². The van der Waals surface area contributed by atoms with Gasteiger partial charge < -0.3 is 14.8 Å². The molecule has 2 N–H and O–H groups in total. The Balaban J connectivity index is 2.24. The van der Waals surface area contributed by atoms with Gasteiger partial charge in [0.25, 0.3) is 5.91 Å². The largest absolute Gasteiger partial charge is 0.466 e. The molecule has 0 spiro atoms. The van der Waals surface area contributed by atoms with E-state index in [1.54, 1.807) is 25.3 Å². The van der Waals surface area contributed by atoms with Crippen LogP contribution in [-0.2, 0) is 0 Å². The van der Waals surface area contributed by atoms with Crippen molar-refractivity contribution in [2.75, 3.05) is 11.9 Å². The van der Waals surface area contributed by atoms with E-state index in [0.29, 0.717) is 22.7 Å². The summed E-state index contributed by atoms with van der Waals surface area (Å²) in [5, 5.41) is 11.4. The van der Waals surface area contributed by atoms with Crippen LogP contribution in [0.1, 0.15) is 33.0 Å². The molecule has 0 aliphatic heterocycles. The lowest BCUT2D eigenvalue weighted by Crippen LogP contribution is -2.14. The van der Waals surface area contributed by atoms with Crippen LogP contribution in [0.15, 0.2) is 22.7 Å². The van der Waals surface area contributed by atoms with Crippen molar-refractivity contribution in [1.29, 1.82) is 0 Å². The Bertz CT molecular complexity index is 736. The van der Waals surface area contributed by atoms with E-state index in [9.17, 15) is 4.79 Å². The molecule has 5 heteroatoms. The summed E-state index contributed by atoms with van der Waals surface area (Å²) in [6, 6.07) is 3.36. The van der Waals surface area contributed by atoms with Crippen LogP contribution < -0.4 is 5.32 Å². The van der Waals surface area contributed by atoms with Gasteiger partial charge >= 0.3 is 0 Å². The van der Waals surface area contributed by atoms with Crippen LogP contribution in [-0.4, -0.2) is 22.6 Å². The molecule has 2 heterocycles. The molecule has 2 aromatic rings. The van der Waals surface area contributed by atoms with E-state index in [0.717, 1.165) is 11.3 Å². The van der Waals surface area contributed by atoms with Gasteiger partial charge in [-0.05, 0) is 32.9 Å². The van der Waals surface area contributed by atoms with Crippen molar-refractivity contribution in [1.82, 2.24) is 4.98 Å². The molecule has 0 unspecified atom stereocenters. The predicted molar refractivity (Wildman–Crippen MR) is 79.1 cm³/mol. The number of nitrogens with zero attached hydrogens (tertiary/aromatic N) is 1. The summed E-state index contributed by atoms with van der Waals surface area (Å²) < 4.78 is 5.45. The molecular weight excluding hydrogens is 268 g/mol. The third-order valence-corrected chi connectivity index (χ3v) is 3.10. The third kappa shape index (κ3) is 3.30. The summed E-state index contributed by atoms with van der Waals surface area (Å²) in [5.74, 6) is 6.77. The van der Waals surface area contributed by atoms with Gasteiger partial charge in [-0.1, -0.05) is 11.8 Å². The number of amides is 1. The number of hydrogen-bond acceptors (Lipinski definition) is 4. The minimum absolute atomic E-state index is 0.212. The van der Waals surface area contributed by atoms with E-state index in [-0.39, 0.29) is 12.5 Å². The first-order valence-electron chi connectivity index (χ1n) is 6.46. The number of hydrogen-bond donors (Lipinski definition) is 2. The van der Waals surface area contributed by atoms with E-state index >= 15 is 0 Å². The minimum Gasteiger partial charge on any atom is -0.466 e. The van der Waals surface area contributed by atoms with E-state index in [2.05, 4.69) is 22.1 Å². The number of pyridine rings is 1. The average Bonchev–Trinajstić information content (AvgIpc) is 2.70. The molecule has 2 rings (SSSR count). The number of aliphatic hydroxyl groups excluding tert-OH is 1. The van der Waals surface area contributed by atoms with E-state index in [1.165, 1.54) is 0 Å². The number of aryl methyl sites for hydroxylation is 2. The molecule has 0 aromatic carbocycles. The highest BCUT2D eigenvalue weighted by atomic mass is 16.3. The Morgan fingerprint density at radius 2 is 2.14 bits per heavy atom. The average molecular weight is 284 g/mol.